The van der Waals surface area contributed by atoms with Crippen LogP contribution >= 0.6 is 0 Å². The molecule has 1 rings (SSSR count). The number of nitrogens with one attached hydrogen (secondary N) is 1. The minimum Gasteiger partial charge on any atom is -0.312 e. The smallest absolute Gasteiger partial charge is 0.0153 e. The van der Waals surface area contributed by atoms with E-state index >= 15 is 0 Å². The van der Waals surface area contributed by atoms with Crippen molar-refractivity contribution >= 4 is 0 Å². The predicted molar refractivity (Wildman–Crippen MR) is 54.3 cm³/mol. The van der Waals surface area contributed by atoms with Gasteiger partial charge in [-0.15, -0.1) is 0 Å². The molecule has 1 aliphatic carbocycles. The average Bonchev–Trinajstić information content (AvgIpc) is 2.80. The third kappa shape index (κ3) is 3.14. The van der Waals surface area contributed by atoms with E-state index in [0.717, 1.165) is 5.92 Å². The zero-order chi connectivity index (χ0) is 9.03. The zero-order valence-corrected chi connectivity index (χ0v) is 8.82. The molecule has 12 heavy (non-hydrogen) atoms. The molecule has 1 fully saturated rings. The van der Waals surface area contributed by atoms with E-state index in [9.17, 15) is 0 Å². The van der Waals surface area contributed by atoms with Gasteiger partial charge in [-0.1, -0.05) is 19.8 Å². The van der Waals surface area contributed by atoms with Crippen LogP contribution in [-0.4, -0.2) is 12.1 Å². The summed E-state index contributed by atoms with van der Waals surface area (Å²) in [6, 6.07) is 0. The molecular formula is C11H23N. The van der Waals surface area contributed by atoms with Gasteiger partial charge in [-0.05, 0) is 45.6 Å². The summed E-state index contributed by atoms with van der Waals surface area (Å²) in [6.45, 7) is 8.15. The lowest BCUT2D eigenvalue weighted by Gasteiger charge is -2.26. The normalized spacial score (nSPS) is 18.2. The van der Waals surface area contributed by atoms with Gasteiger partial charge in [0.2, 0.25) is 0 Å². The molecule has 0 amide bonds. The summed E-state index contributed by atoms with van der Waals surface area (Å²) in [5.74, 6) is 0.958. The summed E-state index contributed by atoms with van der Waals surface area (Å²) in [7, 11) is 0. The van der Waals surface area contributed by atoms with Crippen LogP contribution in [-0.2, 0) is 0 Å². The van der Waals surface area contributed by atoms with Gasteiger partial charge in [0.05, 0.1) is 0 Å². The Kier molecular flexibility index (Phi) is 3.57. The Labute approximate surface area is 76.9 Å². The highest BCUT2D eigenvalue weighted by Gasteiger charge is 2.36. The lowest BCUT2D eigenvalue weighted by molar-refractivity contribution is 0.338. The molecule has 0 aromatic carbocycles. The van der Waals surface area contributed by atoms with Crippen molar-refractivity contribution < 1.29 is 0 Å². The molecule has 0 saturated heterocycles. The maximum absolute atomic E-state index is 3.66. The van der Waals surface area contributed by atoms with Crippen LogP contribution in [0.1, 0.15) is 52.9 Å². The second kappa shape index (κ2) is 4.27. The van der Waals surface area contributed by atoms with Crippen LogP contribution < -0.4 is 5.32 Å². The first-order valence-corrected chi connectivity index (χ1v) is 5.42. The molecule has 0 unspecified atom stereocenters. The maximum atomic E-state index is 3.66. The molecule has 72 valence electrons. The Morgan fingerprint density at radius 1 is 1.25 bits per heavy atom. The Morgan fingerprint density at radius 3 is 2.42 bits per heavy atom. The highest BCUT2D eigenvalue weighted by molar-refractivity contribution is 4.94. The number of hydrogen-bond acceptors (Lipinski definition) is 1. The quantitative estimate of drug-likeness (QED) is 0.603. The largest absolute Gasteiger partial charge is 0.312 e. The molecular weight excluding hydrogens is 146 g/mol. The molecule has 0 aliphatic heterocycles. The van der Waals surface area contributed by atoms with Gasteiger partial charge in [-0.25, -0.2) is 0 Å². The van der Waals surface area contributed by atoms with Crippen LogP contribution in [0.5, 0.6) is 0 Å². The number of hydrogen-bond donors (Lipinski definition) is 1. The van der Waals surface area contributed by atoms with Crippen LogP contribution in [0.3, 0.4) is 0 Å². The predicted octanol–water partition coefficient (Wildman–Crippen LogP) is 2.95. The fourth-order valence-electron chi connectivity index (χ4n) is 1.73. The lowest BCUT2D eigenvalue weighted by atomic mass is 9.98. The molecule has 0 radical (unpaired) electrons. The van der Waals surface area contributed by atoms with Crippen LogP contribution in [0.15, 0.2) is 0 Å². The van der Waals surface area contributed by atoms with Gasteiger partial charge in [0.1, 0.15) is 0 Å². The summed E-state index contributed by atoms with van der Waals surface area (Å²) >= 11 is 0. The van der Waals surface area contributed by atoms with Crippen LogP contribution in [0.25, 0.3) is 0 Å². The Bertz CT molecular complexity index is 125. The second-order valence-electron chi connectivity index (χ2n) is 4.63. The van der Waals surface area contributed by atoms with Crippen molar-refractivity contribution in [2.75, 3.05) is 6.54 Å². The Balaban J connectivity index is 2.04. The SMILES string of the molecule is CCCCCNC(C)(C)C1CC1. The van der Waals surface area contributed by atoms with E-state index in [1.807, 2.05) is 0 Å². The van der Waals surface area contributed by atoms with Gasteiger partial charge in [0.25, 0.3) is 0 Å². The van der Waals surface area contributed by atoms with Crippen LogP contribution in [0, 0.1) is 5.92 Å². The van der Waals surface area contributed by atoms with E-state index in [2.05, 4.69) is 26.1 Å². The molecule has 0 aromatic heterocycles. The molecule has 1 N–H and O–H groups in total. The minimum absolute atomic E-state index is 0.410. The fourth-order valence-corrected chi connectivity index (χ4v) is 1.73. The topological polar surface area (TPSA) is 12.0 Å². The van der Waals surface area contributed by atoms with Gasteiger partial charge in [0, 0.05) is 5.54 Å². The van der Waals surface area contributed by atoms with Crippen molar-refractivity contribution in [2.45, 2.75) is 58.4 Å². The zero-order valence-electron chi connectivity index (χ0n) is 8.82. The first-order chi connectivity index (χ1) is 5.67. The van der Waals surface area contributed by atoms with Crippen molar-refractivity contribution in [1.82, 2.24) is 5.32 Å². The van der Waals surface area contributed by atoms with Gasteiger partial charge in [0.15, 0.2) is 0 Å². The molecule has 1 saturated carbocycles. The van der Waals surface area contributed by atoms with Crippen molar-refractivity contribution in [3.05, 3.63) is 0 Å². The fraction of sp³-hybridized carbons (Fsp3) is 1.00. The summed E-state index contributed by atoms with van der Waals surface area (Å²) in [6.07, 6.45) is 6.91. The van der Waals surface area contributed by atoms with E-state index in [0.29, 0.717) is 5.54 Å². The highest BCUT2D eigenvalue weighted by Crippen LogP contribution is 2.39. The summed E-state index contributed by atoms with van der Waals surface area (Å²) < 4.78 is 0. The van der Waals surface area contributed by atoms with E-state index in [-0.39, 0.29) is 0 Å². The summed E-state index contributed by atoms with van der Waals surface area (Å²) in [4.78, 5) is 0. The molecule has 0 aromatic rings. The van der Waals surface area contributed by atoms with Crippen LogP contribution in [0.2, 0.25) is 0 Å². The highest BCUT2D eigenvalue weighted by atomic mass is 15.0. The molecule has 1 heteroatoms. The standard InChI is InChI=1S/C11H23N/c1-4-5-6-9-12-11(2,3)10-7-8-10/h10,12H,4-9H2,1-3H3. The minimum atomic E-state index is 0.410. The van der Waals surface area contributed by atoms with Crippen LogP contribution in [0.4, 0.5) is 0 Å². The lowest BCUT2D eigenvalue weighted by Crippen LogP contribution is -2.41. The molecule has 1 nitrogen and oxygen atoms in total. The summed E-state index contributed by atoms with van der Waals surface area (Å²) in [5, 5.41) is 3.66. The first kappa shape index (κ1) is 10.0. The van der Waals surface area contributed by atoms with Crippen molar-refractivity contribution in [1.29, 1.82) is 0 Å². The molecule has 0 spiro atoms. The monoisotopic (exact) mass is 169 g/mol. The van der Waals surface area contributed by atoms with Gasteiger partial charge in [-0.3, -0.25) is 0 Å². The third-order valence-electron chi connectivity index (χ3n) is 2.96. The third-order valence-corrected chi connectivity index (χ3v) is 2.96. The molecule has 0 bridgehead atoms. The Morgan fingerprint density at radius 2 is 1.92 bits per heavy atom. The molecule has 0 atom stereocenters. The molecule has 1 aliphatic rings. The van der Waals surface area contributed by atoms with Gasteiger partial charge < -0.3 is 5.32 Å². The molecule has 0 heterocycles. The maximum Gasteiger partial charge on any atom is 0.0153 e. The van der Waals surface area contributed by atoms with Gasteiger partial charge in [-0.2, -0.15) is 0 Å². The summed E-state index contributed by atoms with van der Waals surface area (Å²) in [5.41, 5.74) is 0.410. The van der Waals surface area contributed by atoms with E-state index in [4.69, 9.17) is 0 Å². The Hall–Kier alpha value is -0.0400. The number of unbranched alkanes of at least 4 members (excludes halogenated alkanes) is 2. The van der Waals surface area contributed by atoms with E-state index in [1.165, 1.54) is 38.6 Å². The second-order valence-corrected chi connectivity index (χ2v) is 4.63. The average molecular weight is 169 g/mol. The number of rotatable bonds is 6. The van der Waals surface area contributed by atoms with Gasteiger partial charge >= 0.3 is 0 Å². The first-order valence-electron chi connectivity index (χ1n) is 5.42. The van der Waals surface area contributed by atoms with E-state index < -0.39 is 0 Å². The van der Waals surface area contributed by atoms with Crippen molar-refractivity contribution in [2.24, 2.45) is 5.92 Å². The van der Waals surface area contributed by atoms with Crippen molar-refractivity contribution in [3.8, 4) is 0 Å². The van der Waals surface area contributed by atoms with Crippen molar-refractivity contribution in [3.63, 3.8) is 0 Å². The van der Waals surface area contributed by atoms with E-state index in [1.54, 1.807) is 0 Å².